The van der Waals surface area contributed by atoms with Crippen LogP contribution >= 0.6 is 0 Å². The van der Waals surface area contributed by atoms with E-state index >= 15 is 0 Å². The van der Waals surface area contributed by atoms with Gasteiger partial charge in [-0.15, -0.1) is 0 Å². The Morgan fingerprint density at radius 2 is 1.59 bits per heavy atom. The molecule has 0 saturated carbocycles. The smallest absolute Gasteiger partial charge is 0.153 e. The summed E-state index contributed by atoms with van der Waals surface area (Å²) in [6.45, 7) is 0. The standard InChI is InChI=1S/C13H8F2O2/c14-11-4-9(5-12(15)6-11)8-1-2-13(17)10(3-8)7-16/h1-7,17H. The maximum atomic E-state index is 13.0. The van der Waals surface area contributed by atoms with Gasteiger partial charge in [0.25, 0.3) is 0 Å². The fraction of sp³-hybridized carbons (Fsp3) is 0. The van der Waals surface area contributed by atoms with E-state index in [1.807, 2.05) is 0 Å². The lowest BCUT2D eigenvalue weighted by molar-refractivity contribution is 0.112. The van der Waals surface area contributed by atoms with Crippen LogP contribution in [0.5, 0.6) is 5.75 Å². The van der Waals surface area contributed by atoms with Gasteiger partial charge in [-0.1, -0.05) is 6.07 Å². The molecule has 0 aliphatic rings. The number of benzene rings is 2. The van der Waals surface area contributed by atoms with Gasteiger partial charge in [0, 0.05) is 6.07 Å². The summed E-state index contributed by atoms with van der Waals surface area (Å²) >= 11 is 0. The van der Waals surface area contributed by atoms with Crippen LogP contribution in [0.3, 0.4) is 0 Å². The molecule has 0 bridgehead atoms. The van der Waals surface area contributed by atoms with Crippen LogP contribution in [0.25, 0.3) is 11.1 Å². The average molecular weight is 234 g/mol. The summed E-state index contributed by atoms with van der Waals surface area (Å²) in [6.07, 6.45) is 0.481. The molecule has 17 heavy (non-hydrogen) atoms. The van der Waals surface area contributed by atoms with E-state index in [9.17, 15) is 18.7 Å². The number of halogens is 2. The molecular formula is C13H8F2O2. The van der Waals surface area contributed by atoms with Gasteiger partial charge in [0.1, 0.15) is 17.4 Å². The number of carbonyl (C=O) groups excluding carboxylic acids is 1. The summed E-state index contributed by atoms with van der Waals surface area (Å²) in [6, 6.07) is 7.24. The molecule has 2 aromatic rings. The Hall–Kier alpha value is -2.23. The molecule has 0 heterocycles. The van der Waals surface area contributed by atoms with E-state index in [1.54, 1.807) is 0 Å². The number of aldehydes is 1. The molecule has 2 aromatic carbocycles. The molecule has 2 nitrogen and oxygen atoms in total. The van der Waals surface area contributed by atoms with Gasteiger partial charge in [0.2, 0.25) is 0 Å². The summed E-state index contributed by atoms with van der Waals surface area (Å²) in [5, 5.41) is 9.31. The largest absolute Gasteiger partial charge is 0.507 e. The minimum Gasteiger partial charge on any atom is -0.507 e. The van der Waals surface area contributed by atoms with E-state index in [-0.39, 0.29) is 11.3 Å². The summed E-state index contributed by atoms with van der Waals surface area (Å²) in [4.78, 5) is 10.6. The van der Waals surface area contributed by atoms with Crippen LogP contribution in [0.15, 0.2) is 36.4 Å². The molecule has 0 atom stereocenters. The van der Waals surface area contributed by atoms with E-state index < -0.39 is 11.6 Å². The van der Waals surface area contributed by atoms with Crippen LogP contribution in [-0.2, 0) is 0 Å². The minimum atomic E-state index is -0.694. The van der Waals surface area contributed by atoms with E-state index in [2.05, 4.69) is 0 Å². The third kappa shape index (κ3) is 2.30. The second kappa shape index (κ2) is 4.33. The first-order chi connectivity index (χ1) is 8.10. The van der Waals surface area contributed by atoms with Crippen LogP contribution in [0.2, 0.25) is 0 Å². The average Bonchev–Trinajstić information content (AvgIpc) is 2.28. The normalized spacial score (nSPS) is 10.2. The van der Waals surface area contributed by atoms with Crippen molar-refractivity contribution in [1.82, 2.24) is 0 Å². The second-order valence-electron chi connectivity index (χ2n) is 3.55. The number of hydrogen-bond donors (Lipinski definition) is 1. The Morgan fingerprint density at radius 3 is 2.18 bits per heavy atom. The molecule has 0 saturated heterocycles. The Morgan fingerprint density at radius 1 is 0.941 bits per heavy atom. The number of carbonyl (C=O) groups is 1. The first kappa shape index (κ1) is 11.3. The highest BCUT2D eigenvalue weighted by Crippen LogP contribution is 2.26. The Balaban J connectivity index is 2.56. The monoisotopic (exact) mass is 234 g/mol. The predicted octanol–water partition coefficient (Wildman–Crippen LogP) is 3.15. The maximum Gasteiger partial charge on any atom is 0.153 e. The van der Waals surface area contributed by atoms with Crippen molar-refractivity contribution >= 4 is 6.29 Å². The van der Waals surface area contributed by atoms with E-state index in [0.29, 0.717) is 17.4 Å². The number of phenols is 1. The van der Waals surface area contributed by atoms with Gasteiger partial charge in [-0.2, -0.15) is 0 Å². The summed E-state index contributed by atoms with van der Waals surface area (Å²) in [5.41, 5.74) is 0.848. The van der Waals surface area contributed by atoms with E-state index in [4.69, 9.17) is 0 Å². The van der Waals surface area contributed by atoms with Gasteiger partial charge in [-0.25, -0.2) is 8.78 Å². The van der Waals surface area contributed by atoms with Crippen LogP contribution in [0, 0.1) is 11.6 Å². The predicted molar refractivity (Wildman–Crippen MR) is 58.8 cm³/mol. The van der Waals surface area contributed by atoms with E-state index in [0.717, 1.165) is 18.2 Å². The Bertz CT molecular complexity index is 559. The number of hydrogen-bond acceptors (Lipinski definition) is 2. The molecule has 0 aliphatic carbocycles. The molecule has 0 radical (unpaired) electrons. The van der Waals surface area contributed by atoms with Gasteiger partial charge < -0.3 is 5.11 Å². The maximum absolute atomic E-state index is 13.0. The number of rotatable bonds is 2. The zero-order chi connectivity index (χ0) is 12.4. The highest BCUT2D eigenvalue weighted by molar-refractivity contribution is 5.82. The quantitative estimate of drug-likeness (QED) is 0.810. The Kier molecular flexibility index (Phi) is 2.87. The zero-order valence-electron chi connectivity index (χ0n) is 8.65. The highest BCUT2D eigenvalue weighted by Gasteiger charge is 2.06. The van der Waals surface area contributed by atoms with Crippen molar-refractivity contribution in [1.29, 1.82) is 0 Å². The lowest BCUT2D eigenvalue weighted by Crippen LogP contribution is -1.87. The van der Waals surface area contributed by atoms with Gasteiger partial charge in [0.15, 0.2) is 6.29 Å². The molecule has 0 unspecified atom stereocenters. The third-order valence-corrected chi connectivity index (χ3v) is 2.35. The molecule has 2 rings (SSSR count). The second-order valence-corrected chi connectivity index (χ2v) is 3.55. The van der Waals surface area contributed by atoms with Crippen molar-refractivity contribution in [2.75, 3.05) is 0 Å². The number of phenolic OH excluding ortho intramolecular Hbond substituents is 1. The molecule has 4 heteroatoms. The van der Waals surface area contributed by atoms with Crippen molar-refractivity contribution < 1.29 is 18.7 Å². The summed E-state index contributed by atoms with van der Waals surface area (Å²) in [7, 11) is 0. The van der Waals surface area contributed by atoms with Gasteiger partial charge in [-0.3, -0.25) is 4.79 Å². The van der Waals surface area contributed by atoms with Crippen LogP contribution < -0.4 is 0 Å². The van der Waals surface area contributed by atoms with Gasteiger partial charge in [0.05, 0.1) is 5.56 Å². The van der Waals surface area contributed by atoms with Gasteiger partial charge in [-0.05, 0) is 35.4 Å². The first-order valence-electron chi connectivity index (χ1n) is 4.85. The first-order valence-corrected chi connectivity index (χ1v) is 4.85. The fourth-order valence-corrected chi connectivity index (χ4v) is 1.55. The molecule has 0 fully saturated rings. The van der Waals surface area contributed by atoms with Crippen molar-refractivity contribution in [2.45, 2.75) is 0 Å². The molecule has 0 amide bonds. The van der Waals surface area contributed by atoms with Crippen molar-refractivity contribution in [2.24, 2.45) is 0 Å². The zero-order valence-corrected chi connectivity index (χ0v) is 8.65. The van der Waals surface area contributed by atoms with Crippen LogP contribution in [0.4, 0.5) is 8.78 Å². The molecule has 0 aliphatic heterocycles. The Labute approximate surface area is 96.1 Å². The molecule has 0 spiro atoms. The van der Waals surface area contributed by atoms with Gasteiger partial charge >= 0.3 is 0 Å². The summed E-state index contributed by atoms with van der Waals surface area (Å²) < 4.78 is 26.0. The molecule has 1 N–H and O–H groups in total. The fourth-order valence-electron chi connectivity index (χ4n) is 1.55. The lowest BCUT2D eigenvalue weighted by atomic mass is 10.0. The molecule has 86 valence electrons. The van der Waals surface area contributed by atoms with Crippen LogP contribution in [-0.4, -0.2) is 11.4 Å². The number of aromatic hydroxyl groups is 1. The highest BCUT2D eigenvalue weighted by atomic mass is 19.1. The topological polar surface area (TPSA) is 37.3 Å². The van der Waals surface area contributed by atoms with Crippen molar-refractivity contribution in [3.05, 3.63) is 53.6 Å². The van der Waals surface area contributed by atoms with Crippen LogP contribution in [0.1, 0.15) is 10.4 Å². The SMILES string of the molecule is O=Cc1cc(-c2cc(F)cc(F)c2)ccc1O. The minimum absolute atomic E-state index is 0.0761. The van der Waals surface area contributed by atoms with E-state index in [1.165, 1.54) is 18.2 Å². The molecular weight excluding hydrogens is 226 g/mol. The lowest BCUT2D eigenvalue weighted by Gasteiger charge is -2.04. The van der Waals surface area contributed by atoms with Crippen molar-refractivity contribution in [3.63, 3.8) is 0 Å². The van der Waals surface area contributed by atoms with Crippen molar-refractivity contribution in [3.8, 4) is 16.9 Å². The third-order valence-electron chi connectivity index (χ3n) is 2.35. The molecule has 0 aromatic heterocycles. The summed E-state index contributed by atoms with van der Waals surface area (Å²) in [5.74, 6) is -1.55.